The lowest BCUT2D eigenvalue weighted by Crippen LogP contribution is -2.38. The van der Waals surface area contributed by atoms with Crippen molar-refractivity contribution in [2.24, 2.45) is 5.92 Å². The molecule has 2 saturated heterocycles. The molecule has 1 N–H and O–H groups in total. The molecule has 0 aliphatic carbocycles. The number of sulfonamides is 1. The van der Waals surface area contributed by atoms with Gasteiger partial charge in [-0.15, -0.1) is 0 Å². The second-order valence-corrected chi connectivity index (χ2v) is 8.33. The Morgan fingerprint density at radius 3 is 2.76 bits per heavy atom. The number of aromatic nitrogens is 3. The van der Waals surface area contributed by atoms with Crippen LogP contribution in [0.2, 0.25) is 0 Å². The highest BCUT2D eigenvalue weighted by Crippen LogP contribution is 2.45. The second-order valence-electron chi connectivity index (χ2n) is 6.51. The van der Waals surface area contributed by atoms with E-state index in [0.29, 0.717) is 24.9 Å². The van der Waals surface area contributed by atoms with Crippen molar-refractivity contribution in [3.8, 4) is 0 Å². The summed E-state index contributed by atoms with van der Waals surface area (Å²) in [5.74, 6) is -1.53. The number of rotatable bonds is 5. The van der Waals surface area contributed by atoms with Crippen molar-refractivity contribution in [1.29, 1.82) is 0 Å². The largest absolute Gasteiger partial charge is 0.481 e. The molecule has 0 radical (unpaired) electrons. The highest BCUT2D eigenvalue weighted by Gasteiger charge is 2.54. The number of carboxylic acid groups (broad SMARTS) is 1. The normalized spacial score (nSPS) is 26.2. The number of benzene rings is 1. The lowest BCUT2D eigenvalue weighted by molar-refractivity contribution is -0.142. The summed E-state index contributed by atoms with van der Waals surface area (Å²) in [6.07, 6.45) is 4.65. The Morgan fingerprint density at radius 2 is 2.08 bits per heavy atom. The highest BCUT2D eigenvalue weighted by molar-refractivity contribution is 7.89. The fourth-order valence-corrected chi connectivity index (χ4v) is 6.20. The molecule has 0 amide bonds. The van der Waals surface area contributed by atoms with Gasteiger partial charge in [0.1, 0.15) is 12.7 Å². The number of hydrogen-bond acceptors (Lipinski definition) is 5. The summed E-state index contributed by atoms with van der Waals surface area (Å²) in [6.45, 7) is 0.293. The molecule has 2 aliphatic heterocycles. The number of fused-ring (bicyclic) bond motifs is 2. The first-order chi connectivity index (χ1) is 12.0. The number of nitrogens with zero attached hydrogens (tertiary/aromatic N) is 4. The first-order valence-electron chi connectivity index (χ1n) is 8.15. The van der Waals surface area contributed by atoms with E-state index in [0.717, 1.165) is 6.42 Å². The quantitative estimate of drug-likeness (QED) is 0.849. The fraction of sp³-hybridized carbons (Fsp3) is 0.438. The first kappa shape index (κ1) is 16.2. The molecule has 2 aromatic rings. The zero-order valence-electron chi connectivity index (χ0n) is 13.4. The van der Waals surface area contributed by atoms with Gasteiger partial charge < -0.3 is 5.11 Å². The molecule has 2 fully saturated rings. The van der Waals surface area contributed by atoms with Crippen LogP contribution in [0, 0.1) is 5.92 Å². The molecule has 1 aromatic carbocycles. The van der Waals surface area contributed by atoms with Crippen molar-refractivity contribution >= 4 is 16.0 Å². The van der Waals surface area contributed by atoms with E-state index >= 15 is 0 Å². The Bertz CT molecular complexity index is 897. The van der Waals surface area contributed by atoms with Crippen LogP contribution < -0.4 is 0 Å². The van der Waals surface area contributed by atoms with E-state index < -0.39 is 28.0 Å². The van der Waals surface area contributed by atoms with Gasteiger partial charge in [0.05, 0.1) is 17.4 Å². The number of carbonyl (C=O) groups is 1. The van der Waals surface area contributed by atoms with Crippen molar-refractivity contribution in [2.45, 2.75) is 42.8 Å². The van der Waals surface area contributed by atoms with Crippen LogP contribution in [0.5, 0.6) is 0 Å². The van der Waals surface area contributed by atoms with E-state index in [4.69, 9.17) is 0 Å². The van der Waals surface area contributed by atoms with Gasteiger partial charge in [0.25, 0.3) is 0 Å². The maximum Gasteiger partial charge on any atom is 0.308 e. The second kappa shape index (κ2) is 5.92. The van der Waals surface area contributed by atoms with E-state index in [-0.39, 0.29) is 10.9 Å². The smallest absolute Gasteiger partial charge is 0.308 e. The number of hydrogen-bond donors (Lipinski definition) is 1. The molecule has 1 aromatic heterocycles. The molecule has 4 rings (SSSR count). The minimum absolute atomic E-state index is 0.216. The third-order valence-electron chi connectivity index (χ3n) is 5.12. The summed E-state index contributed by atoms with van der Waals surface area (Å²) < 4.78 is 29.6. The predicted molar refractivity (Wildman–Crippen MR) is 87.1 cm³/mol. The van der Waals surface area contributed by atoms with Crippen molar-refractivity contribution in [2.75, 3.05) is 0 Å². The van der Waals surface area contributed by atoms with E-state index in [2.05, 4.69) is 10.1 Å². The average Bonchev–Trinajstić information content (AvgIpc) is 3.31. The van der Waals surface area contributed by atoms with E-state index in [1.807, 2.05) is 0 Å². The monoisotopic (exact) mass is 362 g/mol. The summed E-state index contributed by atoms with van der Waals surface area (Å²) in [7, 11) is -3.77. The maximum absolute atomic E-state index is 13.3. The van der Waals surface area contributed by atoms with Gasteiger partial charge in [-0.05, 0) is 30.9 Å². The van der Waals surface area contributed by atoms with Crippen LogP contribution in [-0.2, 0) is 21.4 Å². The van der Waals surface area contributed by atoms with Crippen molar-refractivity contribution in [1.82, 2.24) is 19.1 Å². The molecule has 3 unspecified atom stereocenters. The number of aliphatic carboxylic acids is 1. The number of carboxylic acids is 1. The van der Waals surface area contributed by atoms with Crippen LogP contribution in [0.3, 0.4) is 0 Å². The topological polar surface area (TPSA) is 105 Å². The Balaban J connectivity index is 1.71. The molecule has 25 heavy (non-hydrogen) atoms. The lowest BCUT2D eigenvalue weighted by Gasteiger charge is -2.24. The Hall–Kier alpha value is -2.26. The van der Waals surface area contributed by atoms with Gasteiger partial charge in [-0.1, -0.05) is 18.2 Å². The van der Waals surface area contributed by atoms with Crippen LogP contribution in [0.1, 0.15) is 24.8 Å². The molecule has 0 spiro atoms. The van der Waals surface area contributed by atoms with E-state index in [9.17, 15) is 18.3 Å². The standard InChI is InChI=1S/C16H18N4O4S/c21-16(22)13-7-12-5-6-14(13)20(12)25(23,24)15-4-2-1-3-11(15)8-19-10-17-9-18-19/h1-4,9-10,12-14H,5-8H2,(H,21,22). The predicted octanol–water partition coefficient (Wildman–Crippen LogP) is 0.953. The van der Waals surface area contributed by atoms with Gasteiger partial charge >= 0.3 is 5.97 Å². The van der Waals surface area contributed by atoms with Crippen molar-refractivity contribution in [3.63, 3.8) is 0 Å². The summed E-state index contributed by atoms with van der Waals surface area (Å²) in [4.78, 5) is 15.5. The van der Waals surface area contributed by atoms with Crippen molar-refractivity contribution in [3.05, 3.63) is 42.5 Å². The molecule has 0 saturated carbocycles. The third-order valence-corrected chi connectivity index (χ3v) is 7.20. The van der Waals surface area contributed by atoms with Gasteiger partial charge in [0, 0.05) is 12.1 Å². The molecule has 3 heterocycles. The minimum Gasteiger partial charge on any atom is -0.481 e. The molecule has 132 valence electrons. The van der Waals surface area contributed by atoms with E-state index in [1.54, 1.807) is 28.9 Å². The van der Waals surface area contributed by atoms with Gasteiger partial charge in [-0.2, -0.15) is 9.40 Å². The molecule has 2 bridgehead atoms. The first-order valence-corrected chi connectivity index (χ1v) is 9.59. The summed E-state index contributed by atoms with van der Waals surface area (Å²) >= 11 is 0. The molecule has 9 heteroatoms. The van der Waals surface area contributed by atoms with Crippen LogP contribution in [0.4, 0.5) is 0 Å². The molecular weight excluding hydrogens is 344 g/mol. The SMILES string of the molecule is O=C(O)C1CC2CCC1N2S(=O)(=O)c1ccccc1Cn1cncn1. The molecular formula is C16H18N4O4S. The zero-order valence-corrected chi connectivity index (χ0v) is 14.2. The van der Waals surface area contributed by atoms with Gasteiger partial charge in [-0.3, -0.25) is 4.79 Å². The molecule has 2 aliphatic rings. The van der Waals surface area contributed by atoms with Crippen LogP contribution in [0.15, 0.2) is 41.8 Å². The van der Waals surface area contributed by atoms with Crippen LogP contribution in [-0.4, -0.2) is 50.6 Å². The summed E-state index contributed by atoms with van der Waals surface area (Å²) in [5, 5.41) is 13.4. The van der Waals surface area contributed by atoms with Crippen LogP contribution in [0.25, 0.3) is 0 Å². The molecule has 8 nitrogen and oxygen atoms in total. The zero-order chi connectivity index (χ0) is 17.6. The third kappa shape index (κ3) is 2.63. The average molecular weight is 362 g/mol. The minimum atomic E-state index is -3.77. The Kier molecular flexibility index (Phi) is 3.84. The Morgan fingerprint density at radius 1 is 1.28 bits per heavy atom. The summed E-state index contributed by atoms with van der Waals surface area (Å²) in [6, 6.07) is 6.12. The molecule has 3 atom stereocenters. The van der Waals surface area contributed by atoms with Gasteiger partial charge in [0.15, 0.2) is 0 Å². The summed E-state index contributed by atoms with van der Waals surface area (Å²) in [5.41, 5.74) is 0.617. The fourth-order valence-electron chi connectivity index (χ4n) is 4.07. The Labute approximate surface area is 145 Å². The van der Waals surface area contributed by atoms with Gasteiger partial charge in [-0.25, -0.2) is 18.1 Å². The van der Waals surface area contributed by atoms with Crippen molar-refractivity contribution < 1.29 is 18.3 Å². The van der Waals surface area contributed by atoms with Gasteiger partial charge in [0.2, 0.25) is 10.0 Å². The van der Waals surface area contributed by atoms with E-state index in [1.165, 1.54) is 17.0 Å². The lowest BCUT2D eigenvalue weighted by atomic mass is 9.89. The van der Waals surface area contributed by atoms with Crippen LogP contribution >= 0.6 is 0 Å². The highest BCUT2D eigenvalue weighted by atomic mass is 32.2. The maximum atomic E-state index is 13.3.